The Bertz CT molecular complexity index is 323. The molecule has 0 aromatic rings. The molecule has 1 rings (SSSR count). The van der Waals surface area contributed by atoms with E-state index in [0.717, 1.165) is 26.1 Å². The Kier molecular flexibility index (Phi) is 6.20. The first kappa shape index (κ1) is 16.4. The average Bonchev–Trinajstić information content (AvgIpc) is 2.41. The van der Waals surface area contributed by atoms with Crippen molar-refractivity contribution in [1.29, 1.82) is 0 Å². The summed E-state index contributed by atoms with van der Waals surface area (Å²) in [6, 6.07) is 0.142. The molecule has 0 radical (unpaired) electrons. The van der Waals surface area contributed by atoms with Crippen LogP contribution < -0.4 is 11.1 Å². The molecule has 0 spiro atoms. The lowest BCUT2D eigenvalue weighted by Gasteiger charge is -2.34. The smallest absolute Gasteiger partial charge is 0.233 e. The van der Waals surface area contributed by atoms with E-state index in [4.69, 9.17) is 22.7 Å². The van der Waals surface area contributed by atoms with E-state index >= 15 is 0 Å². The quantitative estimate of drug-likeness (QED) is 0.733. The van der Waals surface area contributed by atoms with Crippen LogP contribution in [0.3, 0.4) is 0 Å². The third kappa shape index (κ3) is 3.66. The second-order valence-corrected chi connectivity index (χ2v) is 5.81. The van der Waals surface area contributed by atoms with Crippen LogP contribution in [-0.4, -0.2) is 30.2 Å². The number of rotatable bonds is 6. The molecule has 1 saturated heterocycles. The highest BCUT2D eigenvalue weighted by molar-refractivity contribution is 7.80. The maximum Gasteiger partial charge on any atom is 0.233 e. The van der Waals surface area contributed by atoms with E-state index in [1.54, 1.807) is 0 Å². The lowest BCUT2D eigenvalue weighted by molar-refractivity contribution is -0.129. The molecular weight excluding hydrogens is 260 g/mol. The van der Waals surface area contributed by atoms with Gasteiger partial charge in [0.15, 0.2) is 0 Å². The molecule has 0 bridgehead atoms. The van der Waals surface area contributed by atoms with Gasteiger partial charge in [0, 0.05) is 19.3 Å². The predicted molar refractivity (Wildman–Crippen MR) is 80.9 cm³/mol. The summed E-state index contributed by atoms with van der Waals surface area (Å²) >= 11 is 5.11. The van der Waals surface area contributed by atoms with Gasteiger partial charge >= 0.3 is 0 Å². The van der Waals surface area contributed by atoms with Gasteiger partial charge < -0.3 is 15.8 Å². The summed E-state index contributed by atoms with van der Waals surface area (Å²) in [4.78, 5) is 12.8. The third-order valence-electron chi connectivity index (χ3n) is 4.45. The Hall–Kier alpha value is -0.680. The Balaban J connectivity index is 2.68. The summed E-state index contributed by atoms with van der Waals surface area (Å²) in [5, 5.41) is 3.11. The van der Waals surface area contributed by atoms with Crippen LogP contribution in [0.25, 0.3) is 0 Å². The van der Waals surface area contributed by atoms with Gasteiger partial charge in [-0.15, -0.1) is 0 Å². The first-order chi connectivity index (χ1) is 8.97. The van der Waals surface area contributed by atoms with E-state index in [2.05, 4.69) is 12.2 Å². The van der Waals surface area contributed by atoms with Gasteiger partial charge in [-0.25, -0.2) is 0 Å². The van der Waals surface area contributed by atoms with Gasteiger partial charge in [0.1, 0.15) is 0 Å². The Morgan fingerprint density at radius 1 is 1.42 bits per heavy atom. The first-order valence-corrected chi connectivity index (χ1v) is 7.57. The normalized spacial score (nSPS) is 18.9. The molecule has 110 valence electrons. The average molecular weight is 286 g/mol. The van der Waals surface area contributed by atoms with E-state index in [-0.39, 0.29) is 11.9 Å². The van der Waals surface area contributed by atoms with Crippen molar-refractivity contribution < 1.29 is 9.53 Å². The van der Waals surface area contributed by atoms with Crippen LogP contribution >= 0.6 is 12.2 Å². The fraction of sp³-hybridized carbons (Fsp3) is 0.857. The zero-order chi connectivity index (χ0) is 14.5. The van der Waals surface area contributed by atoms with E-state index < -0.39 is 5.41 Å². The Morgan fingerprint density at radius 2 is 1.95 bits per heavy atom. The highest BCUT2D eigenvalue weighted by atomic mass is 32.1. The van der Waals surface area contributed by atoms with E-state index in [1.807, 2.05) is 13.8 Å². The molecule has 4 nitrogen and oxygen atoms in total. The molecule has 1 aliphatic heterocycles. The molecule has 19 heavy (non-hydrogen) atoms. The summed E-state index contributed by atoms with van der Waals surface area (Å²) in [5.74, 6) is 0.458. The van der Waals surface area contributed by atoms with Crippen molar-refractivity contribution in [2.24, 2.45) is 17.1 Å². The summed E-state index contributed by atoms with van der Waals surface area (Å²) in [5.41, 5.74) is 5.10. The van der Waals surface area contributed by atoms with Gasteiger partial charge in [-0.3, -0.25) is 4.79 Å². The highest BCUT2D eigenvalue weighted by Gasteiger charge is 2.39. The first-order valence-electron chi connectivity index (χ1n) is 7.16. The maximum atomic E-state index is 12.5. The molecule has 1 fully saturated rings. The number of carbonyl (C=O) groups excluding carboxylic acids is 1. The molecule has 3 N–H and O–H groups in total. The minimum absolute atomic E-state index is 0.0241. The zero-order valence-electron chi connectivity index (χ0n) is 12.2. The molecule has 1 unspecified atom stereocenters. The topological polar surface area (TPSA) is 64.3 Å². The van der Waals surface area contributed by atoms with Crippen LogP contribution in [-0.2, 0) is 9.53 Å². The SMILES string of the molecule is CCC(CC)(C(=O)NC(C)C1CCOCC1)C(N)=S. The fourth-order valence-corrected chi connectivity index (χ4v) is 3.09. The molecular formula is C14H26N2O2S. The van der Waals surface area contributed by atoms with Crippen molar-refractivity contribution in [2.75, 3.05) is 13.2 Å². The van der Waals surface area contributed by atoms with Gasteiger partial charge in [0.25, 0.3) is 0 Å². The monoisotopic (exact) mass is 286 g/mol. The summed E-state index contributed by atoms with van der Waals surface area (Å²) < 4.78 is 5.35. The molecule has 1 aliphatic rings. The van der Waals surface area contributed by atoms with Crippen LogP contribution in [0, 0.1) is 11.3 Å². The molecule has 1 amide bonds. The van der Waals surface area contributed by atoms with Crippen LogP contribution in [0.4, 0.5) is 0 Å². The molecule has 0 saturated carbocycles. The van der Waals surface area contributed by atoms with E-state index in [0.29, 0.717) is 23.7 Å². The minimum atomic E-state index is -0.700. The van der Waals surface area contributed by atoms with Crippen molar-refractivity contribution in [3.05, 3.63) is 0 Å². The molecule has 1 atom stereocenters. The number of hydrogen-bond donors (Lipinski definition) is 2. The Labute approximate surface area is 121 Å². The molecule has 5 heteroatoms. The van der Waals surface area contributed by atoms with Crippen molar-refractivity contribution >= 4 is 23.1 Å². The van der Waals surface area contributed by atoms with Crippen LogP contribution in [0.5, 0.6) is 0 Å². The number of nitrogens with two attached hydrogens (primary N) is 1. The largest absolute Gasteiger partial charge is 0.392 e. The zero-order valence-corrected chi connectivity index (χ0v) is 13.0. The van der Waals surface area contributed by atoms with Crippen molar-refractivity contribution in [1.82, 2.24) is 5.32 Å². The second kappa shape index (κ2) is 7.20. The summed E-state index contributed by atoms with van der Waals surface area (Å²) in [6.45, 7) is 7.55. The number of hydrogen-bond acceptors (Lipinski definition) is 3. The highest BCUT2D eigenvalue weighted by Crippen LogP contribution is 2.28. The van der Waals surface area contributed by atoms with Crippen molar-refractivity contribution in [3.8, 4) is 0 Å². The number of carbonyl (C=O) groups is 1. The number of ether oxygens (including phenoxy) is 1. The van der Waals surface area contributed by atoms with Crippen molar-refractivity contribution in [2.45, 2.75) is 52.5 Å². The lowest BCUT2D eigenvalue weighted by atomic mass is 9.80. The Morgan fingerprint density at radius 3 is 2.37 bits per heavy atom. The van der Waals surface area contributed by atoms with Crippen LogP contribution in [0.15, 0.2) is 0 Å². The molecule has 0 aliphatic carbocycles. The minimum Gasteiger partial charge on any atom is -0.392 e. The summed E-state index contributed by atoms with van der Waals surface area (Å²) in [7, 11) is 0. The number of thiocarbonyl (C=S) groups is 1. The van der Waals surface area contributed by atoms with Crippen LogP contribution in [0.2, 0.25) is 0 Å². The van der Waals surface area contributed by atoms with Gasteiger partial charge in [0.05, 0.1) is 10.4 Å². The third-order valence-corrected chi connectivity index (χ3v) is 4.84. The molecule has 0 aromatic heterocycles. The van der Waals surface area contributed by atoms with E-state index in [9.17, 15) is 4.79 Å². The predicted octanol–water partition coefficient (Wildman–Crippen LogP) is 2.01. The van der Waals surface area contributed by atoms with Gasteiger partial charge in [0.2, 0.25) is 5.91 Å². The standard InChI is InChI=1S/C14H26N2O2S/c1-4-14(5-2,12(15)19)13(17)16-10(3)11-6-8-18-9-7-11/h10-11H,4-9H2,1-3H3,(H2,15,19)(H,16,17). The lowest BCUT2D eigenvalue weighted by Crippen LogP contribution is -2.52. The van der Waals surface area contributed by atoms with Gasteiger partial charge in [-0.05, 0) is 38.5 Å². The van der Waals surface area contributed by atoms with E-state index in [1.165, 1.54) is 0 Å². The van der Waals surface area contributed by atoms with Crippen molar-refractivity contribution in [3.63, 3.8) is 0 Å². The summed E-state index contributed by atoms with van der Waals surface area (Å²) in [6.07, 6.45) is 3.29. The second-order valence-electron chi connectivity index (χ2n) is 5.37. The number of amides is 1. The fourth-order valence-electron chi connectivity index (χ4n) is 2.71. The van der Waals surface area contributed by atoms with Gasteiger partial charge in [-0.1, -0.05) is 26.1 Å². The maximum absolute atomic E-state index is 12.5. The molecule has 1 heterocycles. The number of nitrogens with one attached hydrogen (secondary N) is 1. The van der Waals surface area contributed by atoms with Crippen LogP contribution in [0.1, 0.15) is 46.5 Å². The molecule has 0 aromatic carbocycles. The van der Waals surface area contributed by atoms with Gasteiger partial charge in [-0.2, -0.15) is 0 Å².